The van der Waals surface area contributed by atoms with E-state index in [4.69, 9.17) is 32.7 Å². The number of hydrogen-bond acceptors (Lipinski definition) is 5. The number of halogens is 2. The van der Waals surface area contributed by atoms with Gasteiger partial charge in [-0.05, 0) is 48.0 Å². The first kappa shape index (κ1) is 20.6. The van der Waals surface area contributed by atoms with Crippen LogP contribution in [0, 0.1) is 0 Å². The Labute approximate surface area is 178 Å². The summed E-state index contributed by atoms with van der Waals surface area (Å²) in [5.41, 5.74) is 4.28. The van der Waals surface area contributed by atoms with Gasteiger partial charge in [0.05, 0.1) is 18.9 Å². The summed E-state index contributed by atoms with van der Waals surface area (Å²) < 4.78 is 11.2. The first-order chi connectivity index (χ1) is 14.1. The molecule has 0 saturated heterocycles. The smallest absolute Gasteiger partial charge is 0.272 e. The molecule has 148 valence electrons. The van der Waals surface area contributed by atoms with Gasteiger partial charge >= 0.3 is 0 Å². The van der Waals surface area contributed by atoms with E-state index >= 15 is 0 Å². The van der Waals surface area contributed by atoms with Gasteiger partial charge in [-0.15, -0.1) is 0 Å². The number of carbonyl (C=O) groups excluding carboxylic acids is 1. The molecule has 1 aromatic heterocycles. The first-order valence-electron chi connectivity index (χ1n) is 8.55. The van der Waals surface area contributed by atoms with Crippen LogP contribution in [-0.2, 0) is 6.61 Å². The topological polar surface area (TPSA) is 72.8 Å². The van der Waals surface area contributed by atoms with E-state index in [1.165, 1.54) is 19.5 Å². The zero-order valence-electron chi connectivity index (χ0n) is 15.4. The van der Waals surface area contributed by atoms with Gasteiger partial charge in [-0.2, -0.15) is 5.10 Å². The molecule has 0 fully saturated rings. The van der Waals surface area contributed by atoms with Crippen LogP contribution in [0.1, 0.15) is 21.5 Å². The number of amides is 1. The van der Waals surface area contributed by atoms with Crippen molar-refractivity contribution in [2.45, 2.75) is 6.61 Å². The lowest BCUT2D eigenvalue weighted by atomic mass is 10.2. The van der Waals surface area contributed by atoms with Gasteiger partial charge in [0, 0.05) is 28.0 Å². The molecule has 6 nitrogen and oxygen atoms in total. The summed E-state index contributed by atoms with van der Waals surface area (Å²) in [5.74, 6) is 0.689. The summed E-state index contributed by atoms with van der Waals surface area (Å²) in [6.45, 7) is 0.198. The van der Waals surface area contributed by atoms with Crippen molar-refractivity contribution in [3.8, 4) is 11.5 Å². The summed E-state index contributed by atoms with van der Waals surface area (Å²) in [5, 5.41) is 5.02. The molecule has 1 amide bonds. The van der Waals surface area contributed by atoms with E-state index in [-0.39, 0.29) is 12.5 Å². The van der Waals surface area contributed by atoms with E-state index in [2.05, 4.69) is 15.5 Å². The van der Waals surface area contributed by atoms with Gasteiger partial charge in [-0.25, -0.2) is 5.43 Å². The Morgan fingerprint density at radius 1 is 1.14 bits per heavy atom. The van der Waals surface area contributed by atoms with Crippen LogP contribution < -0.4 is 14.9 Å². The number of hydrogen-bond donors (Lipinski definition) is 1. The maximum Gasteiger partial charge on any atom is 0.272 e. The first-order valence-corrected chi connectivity index (χ1v) is 9.31. The zero-order chi connectivity index (χ0) is 20.6. The van der Waals surface area contributed by atoms with Crippen LogP contribution in [0.2, 0.25) is 10.0 Å². The van der Waals surface area contributed by atoms with Crippen molar-refractivity contribution >= 4 is 35.3 Å². The van der Waals surface area contributed by atoms with Gasteiger partial charge in [0.1, 0.15) is 6.61 Å². The third kappa shape index (κ3) is 5.47. The van der Waals surface area contributed by atoms with Crippen molar-refractivity contribution in [2.24, 2.45) is 5.10 Å². The number of hydrazone groups is 1. The molecule has 0 aliphatic rings. The number of rotatable bonds is 7. The lowest BCUT2D eigenvalue weighted by Gasteiger charge is -2.13. The summed E-state index contributed by atoms with van der Waals surface area (Å²) in [6, 6.07) is 13.9. The highest BCUT2D eigenvalue weighted by molar-refractivity contribution is 6.35. The average Bonchev–Trinajstić information content (AvgIpc) is 2.74. The molecular formula is C21H17Cl2N3O3. The van der Waals surface area contributed by atoms with E-state index in [1.807, 2.05) is 0 Å². The Kier molecular flexibility index (Phi) is 7.05. The maximum atomic E-state index is 12.0. The second kappa shape index (κ2) is 9.91. The Bertz CT molecular complexity index is 1010. The van der Waals surface area contributed by atoms with Gasteiger partial charge in [0.2, 0.25) is 0 Å². The molecular weight excluding hydrogens is 413 g/mol. The summed E-state index contributed by atoms with van der Waals surface area (Å²) in [6.07, 6.45) is 4.56. The fraction of sp³-hybridized carbons (Fsp3) is 0.0952. The largest absolute Gasteiger partial charge is 0.493 e. The van der Waals surface area contributed by atoms with Crippen molar-refractivity contribution in [1.82, 2.24) is 10.4 Å². The second-order valence-electron chi connectivity index (χ2n) is 5.84. The van der Waals surface area contributed by atoms with Crippen molar-refractivity contribution in [2.75, 3.05) is 7.11 Å². The van der Waals surface area contributed by atoms with Crippen LogP contribution in [0.25, 0.3) is 0 Å². The minimum absolute atomic E-state index is 0.198. The van der Waals surface area contributed by atoms with Gasteiger partial charge < -0.3 is 9.47 Å². The average molecular weight is 430 g/mol. The molecule has 0 spiro atoms. The molecule has 29 heavy (non-hydrogen) atoms. The number of aromatic nitrogens is 1. The minimum Gasteiger partial charge on any atom is -0.493 e. The van der Waals surface area contributed by atoms with Gasteiger partial charge in [-0.3, -0.25) is 9.78 Å². The van der Waals surface area contributed by atoms with Crippen molar-refractivity contribution < 1.29 is 14.3 Å². The third-order valence-corrected chi connectivity index (χ3v) is 4.63. The van der Waals surface area contributed by atoms with E-state index in [9.17, 15) is 4.79 Å². The molecule has 0 bridgehead atoms. The van der Waals surface area contributed by atoms with Crippen LogP contribution in [-0.4, -0.2) is 24.2 Å². The Morgan fingerprint density at radius 2 is 1.93 bits per heavy atom. The van der Waals surface area contributed by atoms with Crippen molar-refractivity contribution in [1.29, 1.82) is 0 Å². The predicted molar refractivity (Wildman–Crippen MR) is 113 cm³/mol. The summed E-state index contributed by atoms with van der Waals surface area (Å²) in [7, 11) is 1.54. The standard InChI is InChI=1S/C21H17Cl2N3O3/c1-28-20-10-14(11-25-26-21(27)15-4-3-9-24-12-15)7-8-19(20)29-13-16-17(22)5-2-6-18(16)23/h2-12H,13H2,1H3,(H,26,27)/b25-11+. The Balaban J connectivity index is 1.66. The minimum atomic E-state index is -0.349. The van der Waals surface area contributed by atoms with E-state index in [0.29, 0.717) is 32.7 Å². The van der Waals surface area contributed by atoms with Gasteiger partial charge in [0.15, 0.2) is 11.5 Å². The lowest BCUT2D eigenvalue weighted by molar-refractivity contribution is 0.0955. The van der Waals surface area contributed by atoms with E-state index in [0.717, 1.165) is 5.56 Å². The third-order valence-electron chi connectivity index (χ3n) is 3.92. The lowest BCUT2D eigenvalue weighted by Crippen LogP contribution is -2.17. The summed E-state index contributed by atoms with van der Waals surface area (Å²) >= 11 is 12.3. The number of ether oxygens (including phenoxy) is 2. The highest BCUT2D eigenvalue weighted by Gasteiger charge is 2.10. The summed E-state index contributed by atoms with van der Waals surface area (Å²) in [4.78, 5) is 15.9. The van der Waals surface area contributed by atoms with Crippen LogP contribution in [0.4, 0.5) is 0 Å². The van der Waals surface area contributed by atoms with Crippen LogP contribution in [0.3, 0.4) is 0 Å². The number of nitrogens with zero attached hydrogens (tertiary/aromatic N) is 2. The maximum absolute atomic E-state index is 12.0. The van der Waals surface area contributed by atoms with Crippen molar-refractivity contribution in [3.63, 3.8) is 0 Å². The molecule has 0 atom stereocenters. The molecule has 0 unspecified atom stereocenters. The fourth-order valence-electron chi connectivity index (χ4n) is 2.43. The second-order valence-corrected chi connectivity index (χ2v) is 6.65. The highest BCUT2D eigenvalue weighted by Crippen LogP contribution is 2.31. The number of methoxy groups -OCH3 is 1. The predicted octanol–water partition coefficient (Wildman–Crippen LogP) is 4.74. The molecule has 0 radical (unpaired) electrons. The molecule has 1 heterocycles. The van der Waals surface area contributed by atoms with Crippen LogP contribution in [0.15, 0.2) is 66.0 Å². The normalized spacial score (nSPS) is 10.7. The monoisotopic (exact) mass is 429 g/mol. The van der Waals surface area contributed by atoms with Gasteiger partial charge in [0.25, 0.3) is 5.91 Å². The van der Waals surface area contributed by atoms with E-state index in [1.54, 1.807) is 54.7 Å². The molecule has 3 aromatic rings. The molecule has 0 aliphatic heterocycles. The van der Waals surface area contributed by atoms with E-state index < -0.39 is 0 Å². The number of benzene rings is 2. The SMILES string of the molecule is COc1cc(/C=N/NC(=O)c2cccnc2)ccc1OCc1c(Cl)cccc1Cl. The molecule has 8 heteroatoms. The molecule has 0 saturated carbocycles. The molecule has 1 N–H and O–H groups in total. The fourth-order valence-corrected chi connectivity index (χ4v) is 2.94. The van der Waals surface area contributed by atoms with Crippen molar-refractivity contribution in [3.05, 3.63) is 87.7 Å². The Morgan fingerprint density at radius 3 is 2.62 bits per heavy atom. The van der Waals surface area contributed by atoms with Gasteiger partial charge in [-0.1, -0.05) is 29.3 Å². The highest BCUT2D eigenvalue weighted by atomic mass is 35.5. The quantitative estimate of drug-likeness (QED) is 0.434. The van der Waals surface area contributed by atoms with Crippen LogP contribution in [0.5, 0.6) is 11.5 Å². The zero-order valence-corrected chi connectivity index (χ0v) is 16.9. The van der Waals surface area contributed by atoms with Crippen LogP contribution >= 0.6 is 23.2 Å². The molecule has 2 aromatic carbocycles. The molecule has 3 rings (SSSR count). The Hall–Kier alpha value is -3.09. The number of nitrogens with one attached hydrogen (secondary N) is 1. The number of carbonyl (C=O) groups is 1. The molecule has 0 aliphatic carbocycles. The number of pyridine rings is 1.